The Morgan fingerprint density at radius 3 is 2.17 bits per heavy atom. The summed E-state index contributed by atoms with van der Waals surface area (Å²) in [6, 6.07) is 17.4. The van der Waals surface area contributed by atoms with Gasteiger partial charge in [-0.3, -0.25) is 0 Å². The quantitative estimate of drug-likeness (QED) is 0.856. The highest BCUT2D eigenvalue weighted by atomic mass is 14.9. The summed E-state index contributed by atoms with van der Waals surface area (Å²) in [5.74, 6) is 0. The summed E-state index contributed by atoms with van der Waals surface area (Å²) < 4.78 is 0. The van der Waals surface area contributed by atoms with Gasteiger partial charge in [-0.15, -0.1) is 0 Å². The molecule has 0 saturated heterocycles. The second-order valence-corrected chi connectivity index (χ2v) is 4.51. The van der Waals surface area contributed by atoms with E-state index in [1.807, 2.05) is 14.1 Å². The molecular formula is C16H20N2. The van der Waals surface area contributed by atoms with Crippen LogP contribution in [0.15, 0.2) is 48.5 Å². The average molecular weight is 240 g/mol. The van der Waals surface area contributed by atoms with Crippen LogP contribution >= 0.6 is 0 Å². The van der Waals surface area contributed by atoms with Crippen molar-refractivity contribution in [2.45, 2.75) is 13.0 Å². The van der Waals surface area contributed by atoms with Crippen LogP contribution in [0.5, 0.6) is 0 Å². The molecule has 18 heavy (non-hydrogen) atoms. The van der Waals surface area contributed by atoms with Gasteiger partial charge in [-0.1, -0.05) is 42.0 Å². The summed E-state index contributed by atoms with van der Waals surface area (Å²) in [7, 11) is 3.94. The van der Waals surface area contributed by atoms with Gasteiger partial charge in [0.1, 0.15) is 0 Å². The first kappa shape index (κ1) is 12.7. The summed E-state index contributed by atoms with van der Waals surface area (Å²) in [6.07, 6.45) is 0. The maximum absolute atomic E-state index is 3.39. The second-order valence-electron chi connectivity index (χ2n) is 4.51. The molecule has 2 N–H and O–H groups in total. The molecule has 2 heteroatoms. The SMILES string of the molecule is CNc1cccc(C(NC)c2cccc(C)c2)c1. The molecule has 1 atom stereocenters. The van der Waals surface area contributed by atoms with Crippen molar-refractivity contribution < 1.29 is 0 Å². The van der Waals surface area contributed by atoms with Crippen LogP contribution in [0, 0.1) is 6.92 Å². The normalized spacial score (nSPS) is 12.2. The molecule has 0 heterocycles. The van der Waals surface area contributed by atoms with E-state index >= 15 is 0 Å². The number of nitrogens with one attached hydrogen (secondary N) is 2. The molecule has 2 aromatic rings. The molecule has 0 bridgehead atoms. The molecule has 0 spiro atoms. The molecule has 0 aromatic heterocycles. The van der Waals surface area contributed by atoms with Crippen LogP contribution in [-0.4, -0.2) is 14.1 Å². The first-order valence-corrected chi connectivity index (χ1v) is 6.26. The number of benzene rings is 2. The number of anilines is 1. The van der Waals surface area contributed by atoms with Gasteiger partial charge >= 0.3 is 0 Å². The van der Waals surface area contributed by atoms with Crippen molar-refractivity contribution >= 4 is 5.69 Å². The van der Waals surface area contributed by atoms with Crippen LogP contribution in [0.1, 0.15) is 22.7 Å². The number of hydrogen-bond donors (Lipinski definition) is 2. The van der Waals surface area contributed by atoms with Crippen molar-refractivity contribution in [3.8, 4) is 0 Å². The minimum atomic E-state index is 0.234. The van der Waals surface area contributed by atoms with Crippen LogP contribution in [-0.2, 0) is 0 Å². The fourth-order valence-electron chi connectivity index (χ4n) is 2.25. The topological polar surface area (TPSA) is 24.1 Å². The predicted molar refractivity (Wildman–Crippen MR) is 78.1 cm³/mol. The number of rotatable bonds is 4. The Morgan fingerprint density at radius 2 is 1.56 bits per heavy atom. The summed E-state index contributed by atoms with van der Waals surface area (Å²) in [5.41, 5.74) is 5.00. The van der Waals surface area contributed by atoms with Crippen molar-refractivity contribution in [1.29, 1.82) is 0 Å². The number of aryl methyl sites for hydroxylation is 1. The fourth-order valence-corrected chi connectivity index (χ4v) is 2.25. The molecule has 0 fully saturated rings. The van der Waals surface area contributed by atoms with Crippen LogP contribution in [0.4, 0.5) is 5.69 Å². The van der Waals surface area contributed by atoms with Crippen LogP contribution < -0.4 is 10.6 Å². The smallest absolute Gasteiger partial charge is 0.0575 e. The largest absolute Gasteiger partial charge is 0.388 e. The minimum Gasteiger partial charge on any atom is -0.388 e. The third-order valence-electron chi connectivity index (χ3n) is 3.17. The first-order chi connectivity index (χ1) is 8.74. The van der Waals surface area contributed by atoms with Crippen molar-refractivity contribution in [2.24, 2.45) is 0 Å². The fraction of sp³-hybridized carbons (Fsp3) is 0.250. The Bertz CT molecular complexity index is 520. The molecule has 0 saturated carbocycles. The van der Waals surface area contributed by atoms with Gasteiger partial charge in [0.05, 0.1) is 6.04 Å². The van der Waals surface area contributed by atoms with Gasteiger partial charge in [0, 0.05) is 12.7 Å². The predicted octanol–water partition coefficient (Wildman–Crippen LogP) is 3.35. The third-order valence-corrected chi connectivity index (χ3v) is 3.17. The molecule has 0 aliphatic carbocycles. The molecule has 0 aliphatic rings. The van der Waals surface area contributed by atoms with E-state index in [0.29, 0.717) is 0 Å². The lowest BCUT2D eigenvalue weighted by atomic mass is 9.97. The lowest BCUT2D eigenvalue weighted by Gasteiger charge is -2.18. The van der Waals surface area contributed by atoms with E-state index in [4.69, 9.17) is 0 Å². The van der Waals surface area contributed by atoms with Crippen molar-refractivity contribution in [3.63, 3.8) is 0 Å². The van der Waals surface area contributed by atoms with E-state index in [2.05, 4.69) is 66.1 Å². The van der Waals surface area contributed by atoms with Gasteiger partial charge < -0.3 is 10.6 Å². The molecule has 0 aliphatic heterocycles. The molecular weight excluding hydrogens is 220 g/mol. The highest BCUT2D eigenvalue weighted by molar-refractivity contribution is 5.47. The second kappa shape index (κ2) is 5.69. The van der Waals surface area contributed by atoms with Crippen LogP contribution in [0.3, 0.4) is 0 Å². The van der Waals surface area contributed by atoms with E-state index in [9.17, 15) is 0 Å². The lowest BCUT2D eigenvalue weighted by Crippen LogP contribution is -2.17. The zero-order valence-corrected chi connectivity index (χ0v) is 11.2. The van der Waals surface area contributed by atoms with E-state index in [1.165, 1.54) is 16.7 Å². The highest BCUT2D eigenvalue weighted by Gasteiger charge is 2.11. The molecule has 1 unspecified atom stereocenters. The van der Waals surface area contributed by atoms with Gasteiger partial charge in [0.2, 0.25) is 0 Å². The minimum absolute atomic E-state index is 0.234. The van der Waals surface area contributed by atoms with E-state index in [1.54, 1.807) is 0 Å². The Kier molecular flexibility index (Phi) is 4.00. The summed E-state index contributed by atoms with van der Waals surface area (Å²) in [6.45, 7) is 2.13. The van der Waals surface area contributed by atoms with Gasteiger partial charge in [0.25, 0.3) is 0 Å². The van der Waals surface area contributed by atoms with E-state index in [0.717, 1.165) is 5.69 Å². The van der Waals surface area contributed by atoms with E-state index < -0.39 is 0 Å². The Hall–Kier alpha value is -1.80. The van der Waals surface area contributed by atoms with Crippen molar-refractivity contribution in [1.82, 2.24) is 5.32 Å². The summed E-state index contributed by atoms with van der Waals surface area (Å²) >= 11 is 0. The van der Waals surface area contributed by atoms with Gasteiger partial charge in [0.15, 0.2) is 0 Å². The summed E-state index contributed by atoms with van der Waals surface area (Å²) in [4.78, 5) is 0. The zero-order chi connectivity index (χ0) is 13.0. The Balaban J connectivity index is 2.38. The van der Waals surface area contributed by atoms with Crippen LogP contribution in [0.2, 0.25) is 0 Å². The molecule has 0 amide bonds. The highest BCUT2D eigenvalue weighted by Crippen LogP contribution is 2.24. The zero-order valence-electron chi connectivity index (χ0n) is 11.2. The standard InChI is InChI=1S/C16H20N2/c1-12-6-4-7-13(10-12)16(18-3)14-8-5-9-15(11-14)17-2/h4-11,16-18H,1-3H3. The molecule has 2 rings (SSSR count). The maximum Gasteiger partial charge on any atom is 0.0575 e. The van der Waals surface area contributed by atoms with Gasteiger partial charge in [-0.25, -0.2) is 0 Å². The molecule has 2 aromatic carbocycles. The maximum atomic E-state index is 3.39. The lowest BCUT2D eigenvalue weighted by molar-refractivity contribution is 0.691. The molecule has 2 nitrogen and oxygen atoms in total. The van der Waals surface area contributed by atoms with Gasteiger partial charge in [-0.2, -0.15) is 0 Å². The average Bonchev–Trinajstić information content (AvgIpc) is 2.40. The van der Waals surface area contributed by atoms with E-state index in [-0.39, 0.29) is 6.04 Å². The Morgan fingerprint density at radius 1 is 0.889 bits per heavy atom. The first-order valence-electron chi connectivity index (χ1n) is 6.26. The van der Waals surface area contributed by atoms with Crippen molar-refractivity contribution in [2.75, 3.05) is 19.4 Å². The Labute approximate surface area is 109 Å². The van der Waals surface area contributed by atoms with Crippen molar-refractivity contribution in [3.05, 3.63) is 65.2 Å². The van der Waals surface area contributed by atoms with Gasteiger partial charge in [-0.05, 0) is 37.2 Å². The monoisotopic (exact) mass is 240 g/mol. The third kappa shape index (κ3) is 2.71. The molecule has 94 valence electrons. The number of hydrogen-bond acceptors (Lipinski definition) is 2. The van der Waals surface area contributed by atoms with Crippen LogP contribution in [0.25, 0.3) is 0 Å². The summed E-state index contributed by atoms with van der Waals surface area (Å²) in [5, 5.41) is 6.57. The molecule has 0 radical (unpaired) electrons.